The van der Waals surface area contributed by atoms with Gasteiger partial charge in [-0.25, -0.2) is 0 Å². The van der Waals surface area contributed by atoms with Crippen molar-refractivity contribution < 1.29 is 0 Å². The smallest absolute Gasteiger partial charge is 0.103 e. The molecule has 3 nitrogen and oxygen atoms in total. The van der Waals surface area contributed by atoms with Crippen molar-refractivity contribution in [2.45, 2.75) is 13.8 Å². The third-order valence-electron chi connectivity index (χ3n) is 2.92. The summed E-state index contributed by atoms with van der Waals surface area (Å²) in [4.78, 5) is 5.07. The minimum atomic E-state index is 0.454. The summed E-state index contributed by atoms with van der Waals surface area (Å²) in [5, 5.41) is 0. The molecule has 0 radical (unpaired) electrons. The zero-order valence-electron chi connectivity index (χ0n) is 12.4. The van der Waals surface area contributed by atoms with E-state index < -0.39 is 0 Å². The summed E-state index contributed by atoms with van der Waals surface area (Å²) in [7, 11) is 4.20. The first-order valence-electron chi connectivity index (χ1n) is 6.69. The van der Waals surface area contributed by atoms with Gasteiger partial charge in [-0.15, -0.1) is 0 Å². The summed E-state index contributed by atoms with van der Waals surface area (Å²) in [6.07, 6.45) is 0. The van der Waals surface area contributed by atoms with E-state index in [2.05, 4.69) is 49.9 Å². The van der Waals surface area contributed by atoms with Crippen LogP contribution in [0.5, 0.6) is 0 Å². The fourth-order valence-corrected chi connectivity index (χ4v) is 2.06. The highest BCUT2D eigenvalue weighted by Crippen LogP contribution is 2.17. The van der Waals surface area contributed by atoms with Gasteiger partial charge in [0.1, 0.15) is 4.99 Å². The Hall–Kier alpha value is -1.13. The zero-order valence-corrected chi connectivity index (χ0v) is 13.2. The van der Waals surface area contributed by atoms with E-state index >= 15 is 0 Å². The first kappa shape index (κ1) is 15.9. The Labute approximate surface area is 122 Å². The molecule has 0 aliphatic carbocycles. The zero-order chi connectivity index (χ0) is 14.4. The van der Waals surface area contributed by atoms with Gasteiger partial charge in [0.15, 0.2) is 0 Å². The van der Waals surface area contributed by atoms with Crippen LogP contribution < -0.4 is 10.6 Å². The van der Waals surface area contributed by atoms with Gasteiger partial charge in [-0.2, -0.15) is 0 Å². The number of rotatable bonds is 7. The third-order valence-corrected chi connectivity index (χ3v) is 3.16. The molecule has 0 fully saturated rings. The minimum Gasteiger partial charge on any atom is -0.389 e. The van der Waals surface area contributed by atoms with Crippen molar-refractivity contribution in [3.63, 3.8) is 0 Å². The summed E-state index contributed by atoms with van der Waals surface area (Å²) in [5.74, 6) is 0.637. The van der Waals surface area contributed by atoms with Crippen LogP contribution in [0.4, 0.5) is 5.69 Å². The fourth-order valence-electron chi connectivity index (χ4n) is 1.92. The highest BCUT2D eigenvalue weighted by Gasteiger charge is 2.09. The maximum Gasteiger partial charge on any atom is 0.103 e. The first-order valence-corrected chi connectivity index (χ1v) is 7.10. The van der Waals surface area contributed by atoms with Gasteiger partial charge in [-0.1, -0.05) is 26.1 Å². The SMILES string of the molecule is CC(C)CN(CCN(C)C)c1ccc(C(N)=S)cc1. The number of hydrogen-bond donors (Lipinski definition) is 1. The lowest BCUT2D eigenvalue weighted by Crippen LogP contribution is -2.34. The van der Waals surface area contributed by atoms with Gasteiger partial charge in [0.05, 0.1) is 0 Å². The summed E-state index contributed by atoms with van der Waals surface area (Å²) in [5.41, 5.74) is 7.79. The number of likely N-dealkylation sites (N-methyl/N-ethyl adjacent to an activating group) is 1. The van der Waals surface area contributed by atoms with Crippen molar-refractivity contribution in [1.82, 2.24) is 4.90 Å². The van der Waals surface area contributed by atoms with Gasteiger partial charge < -0.3 is 15.5 Å². The van der Waals surface area contributed by atoms with Crippen molar-refractivity contribution >= 4 is 22.9 Å². The molecule has 0 aromatic heterocycles. The second kappa shape index (κ2) is 7.46. The highest BCUT2D eigenvalue weighted by molar-refractivity contribution is 7.80. The Kier molecular flexibility index (Phi) is 6.25. The molecule has 19 heavy (non-hydrogen) atoms. The van der Waals surface area contributed by atoms with E-state index in [0.717, 1.165) is 25.2 Å². The monoisotopic (exact) mass is 279 g/mol. The van der Waals surface area contributed by atoms with E-state index in [1.165, 1.54) is 5.69 Å². The van der Waals surface area contributed by atoms with E-state index in [-0.39, 0.29) is 0 Å². The minimum absolute atomic E-state index is 0.454. The summed E-state index contributed by atoms with van der Waals surface area (Å²) in [6, 6.07) is 8.21. The second-order valence-corrected chi connectivity index (χ2v) is 5.99. The molecule has 0 aliphatic heterocycles. The average molecular weight is 279 g/mol. The number of thiocarbonyl (C=S) groups is 1. The Bertz CT molecular complexity index is 398. The topological polar surface area (TPSA) is 32.5 Å². The van der Waals surface area contributed by atoms with Crippen LogP contribution in [0.2, 0.25) is 0 Å². The largest absolute Gasteiger partial charge is 0.389 e. The Morgan fingerprint density at radius 1 is 1.16 bits per heavy atom. The van der Waals surface area contributed by atoms with E-state index in [1.54, 1.807) is 0 Å². The molecule has 2 N–H and O–H groups in total. The molecule has 4 heteroatoms. The fraction of sp³-hybridized carbons (Fsp3) is 0.533. The molecule has 0 amide bonds. The van der Waals surface area contributed by atoms with Crippen molar-refractivity contribution in [3.05, 3.63) is 29.8 Å². The van der Waals surface area contributed by atoms with Crippen molar-refractivity contribution in [1.29, 1.82) is 0 Å². The van der Waals surface area contributed by atoms with Crippen LogP contribution in [0.3, 0.4) is 0 Å². The second-order valence-electron chi connectivity index (χ2n) is 5.55. The van der Waals surface area contributed by atoms with Crippen LogP contribution in [0.1, 0.15) is 19.4 Å². The molecule has 0 heterocycles. The summed E-state index contributed by atoms with van der Waals surface area (Å²) >= 11 is 4.98. The van der Waals surface area contributed by atoms with E-state index in [0.29, 0.717) is 10.9 Å². The molecule has 0 saturated carbocycles. The molecule has 0 bridgehead atoms. The van der Waals surface area contributed by atoms with Gasteiger partial charge in [0.25, 0.3) is 0 Å². The van der Waals surface area contributed by atoms with Crippen molar-refractivity contribution in [2.24, 2.45) is 11.7 Å². The molecule has 1 rings (SSSR count). The Balaban J connectivity index is 2.80. The number of benzene rings is 1. The molecule has 0 unspecified atom stereocenters. The summed E-state index contributed by atoms with van der Waals surface area (Å²) < 4.78 is 0. The van der Waals surface area contributed by atoms with Gasteiger partial charge >= 0.3 is 0 Å². The molecule has 0 spiro atoms. The third kappa shape index (κ3) is 5.57. The standard InChI is InChI=1S/C15H25N3S/c1-12(2)11-18(10-9-17(3)4)14-7-5-13(6-8-14)15(16)19/h5-8,12H,9-11H2,1-4H3,(H2,16,19). The predicted molar refractivity (Wildman–Crippen MR) is 87.9 cm³/mol. The average Bonchev–Trinajstić information content (AvgIpc) is 2.34. The molecular weight excluding hydrogens is 254 g/mol. The van der Waals surface area contributed by atoms with Gasteiger partial charge in [-0.3, -0.25) is 0 Å². The van der Waals surface area contributed by atoms with Crippen LogP contribution in [-0.4, -0.2) is 43.6 Å². The quantitative estimate of drug-likeness (QED) is 0.777. The molecule has 0 saturated heterocycles. The van der Waals surface area contributed by atoms with Gasteiger partial charge in [0.2, 0.25) is 0 Å². The van der Waals surface area contributed by atoms with Crippen LogP contribution >= 0.6 is 12.2 Å². The lowest BCUT2D eigenvalue weighted by molar-refractivity contribution is 0.409. The Morgan fingerprint density at radius 2 is 1.74 bits per heavy atom. The van der Waals surface area contributed by atoms with Crippen molar-refractivity contribution in [2.75, 3.05) is 38.6 Å². The van der Waals surface area contributed by atoms with Crippen LogP contribution in [0.15, 0.2) is 24.3 Å². The molecular formula is C15H25N3S. The maximum atomic E-state index is 5.63. The number of nitrogens with two attached hydrogens (primary N) is 1. The van der Waals surface area contributed by atoms with Gasteiger partial charge in [0, 0.05) is 30.9 Å². The lowest BCUT2D eigenvalue weighted by Gasteiger charge is -2.28. The Morgan fingerprint density at radius 3 is 2.16 bits per heavy atom. The maximum absolute atomic E-state index is 5.63. The lowest BCUT2D eigenvalue weighted by atomic mass is 10.1. The van der Waals surface area contributed by atoms with Gasteiger partial charge in [-0.05, 0) is 44.3 Å². The van der Waals surface area contributed by atoms with Crippen LogP contribution in [0.25, 0.3) is 0 Å². The highest BCUT2D eigenvalue weighted by atomic mass is 32.1. The predicted octanol–water partition coefficient (Wildman–Crippen LogP) is 2.34. The van der Waals surface area contributed by atoms with E-state index in [9.17, 15) is 0 Å². The van der Waals surface area contributed by atoms with E-state index in [1.807, 2.05) is 12.1 Å². The van der Waals surface area contributed by atoms with Crippen molar-refractivity contribution in [3.8, 4) is 0 Å². The molecule has 1 aromatic carbocycles. The molecule has 0 atom stereocenters. The number of nitrogens with zero attached hydrogens (tertiary/aromatic N) is 2. The molecule has 1 aromatic rings. The normalized spacial score (nSPS) is 11.1. The number of hydrogen-bond acceptors (Lipinski definition) is 3. The number of anilines is 1. The van der Waals surface area contributed by atoms with E-state index in [4.69, 9.17) is 18.0 Å². The molecule has 0 aliphatic rings. The van der Waals surface area contributed by atoms with Crippen LogP contribution in [0, 0.1) is 5.92 Å². The molecule has 106 valence electrons. The van der Waals surface area contributed by atoms with Crippen LogP contribution in [-0.2, 0) is 0 Å². The summed E-state index contributed by atoms with van der Waals surface area (Å²) in [6.45, 7) is 7.61. The first-order chi connectivity index (χ1) is 8.90.